The Morgan fingerprint density at radius 3 is 2.56 bits per heavy atom. The fourth-order valence-corrected chi connectivity index (χ4v) is 2.66. The van der Waals surface area contributed by atoms with Gasteiger partial charge < -0.3 is 5.73 Å². The number of amides is 2. The topological polar surface area (TPSA) is 63.4 Å². The van der Waals surface area contributed by atoms with Gasteiger partial charge in [-0.15, -0.1) is 0 Å². The van der Waals surface area contributed by atoms with E-state index in [1.54, 1.807) is 6.08 Å². The van der Waals surface area contributed by atoms with E-state index in [1.165, 1.54) is 4.90 Å². The molecule has 6 heteroatoms. The van der Waals surface area contributed by atoms with Gasteiger partial charge in [0.05, 0.1) is 4.91 Å². The van der Waals surface area contributed by atoms with Gasteiger partial charge >= 0.3 is 0 Å². The van der Waals surface area contributed by atoms with Crippen molar-refractivity contribution in [3.05, 3.63) is 39.2 Å². The number of rotatable bonds is 3. The molecule has 1 aliphatic heterocycles. The molecule has 4 nitrogen and oxygen atoms in total. The molecule has 2 amide bonds. The molecule has 0 aliphatic carbocycles. The lowest BCUT2D eigenvalue weighted by Crippen LogP contribution is -2.33. The zero-order valence-corrected chi connectivity index (χ0v) is 11.8. The molecular formula is C12H11BrN2O2S. The largest absolute Gasteiger partial charge is 0.329 e. The summed E-state index contributed by atoms with van der Waals surface area (Å²) in [6, 6.07) is 7.52. The van der Waals surface area contributed by atoms with Crippen LogP contribution in [-0.2, 0) is 4.79 Å². The molecule has 94 valence electrons. The first-order valence-electron chi connectivity index (χ1n) is 5.33. The molecule has 1 aliphatic rings. The van der Waals surface area contributed by atoms with E-state index in [-0.39, 0.29) is 24.2 Å². The Balaban J connectivity index is 2.22. The number of benzene rings is 1. The minimum atomic E-state index is -0.265. The van der Waals surface area contributed by atoms with E-state index in [0.29, 0.717) is 4.91 Å². The Morgan fingerprint density at radius 1 is 1.28 bits per heavy atom. The van der Waals surface area contributed by atoms with E-state index < -0.39 is 0 Å². The maximum atomic E-state index is 11.9. The van der Waals surface area contributed by atoms with Crippen LogP contribution in [0.1, 0.15) is 5.56 Å². The summed E-state index contributed by atoms with van der Waals surface area (Å²) in [5.41, 5.74) is 6.25. The molecule has 0 atom stereocenters. The van der Waals surface area contributed by atoms with E-state index >= 15 is 0 Å². The molecule has 0 radical (unpaired) electrons. The predicted molar refractivity (Wildman–Crippen MR) is 75.9 cm³/mol. The Hall–Kier alpha value is -1.11. The van der Waals surface area contributed by atoms with Gasteiger partial charge in [-0.3, -0.25) is 14.5 Å². The van der Waals surface area contributed by atoms with Crippen molar-refractivity contribution in [3.63, 3.8) is 0 Å². The van der Waals surface area contributed by atoms with Crippen molar-refractivity contribution < 1.29 is 9.59 Å². The molecule has 18 heavy (non-hydrogen) atoms. The summed E-state index contributed by atoms with van der Waals surface area (Å²) in [5, 5.41) is -0.256. The fourth-order valence-electron chi connectivity index (χ4n) is 1.53. The average molecular weight is 327 g/mol. The number of halogens is 1. The first-order valence-corrected chi connectivity index (χ1v) is 6.94. The highest BCUT2D eigenvalue weighted by Crippen LogP contribution is 2.31. The number of carbonyl (C=O) groups is 2. The van der Waals surface area contributed by atoms with E-state index in [2.05, 4.69) is 15.9 Å². The minimum Gasteiger partial charge on any atom is -0.329 e. The van der Waals surface area contributed by atoms with Crippen LogP contribution >= 0.6 is 27.7 Å². The van der Waals surface area contributed by atoms with Gasteiger partial charge in [-0.25, -0.2) is 0 Å². The smallest absolute Gasteiger partial charge is 0.293 e. The molecule has 0 aromatic heterocycles. The van der Waals surface area contributed by atoms with Crippen LogP contribution < -0.4 is 5.73 Å². The molecule has 1 aromatic carbocycles. The van der Waals surface area contributed by atoms with Gasteiger partial charge in [0, 0.05) is 17.6 Å². The maximum absolute atomic E-state index is 11.9. The van der Waals surface area contributed by atoms with Gasteiger partial charge in [-0.05, 0) is 35.5 Å². The van der Waals surface area contributed by atoms with E-state index in [4.69, 9.17) is 5.73 Å². The molecule has 1 saturated heterocycles. The van der Waals surface area contributed by atoms with Gasteiger partial charge in [0.1, 0.15) is 0 Å². The molecule has 1 fully saturated rings. The zero-order valence-electron chi connectivity index (χ0n) is 9.43. The molecule has 0 bridgehead atoms. The van der Waals surface area contributed by atoms with Gasteiger partial charge in [-0.1, -0.05) is 28.1 Å². The van der Waals surface area contributed by atoms with Crippen molar-refractivity contribution in [2.45, 2.75) is 0 Å². The van der Waals surface area contributed by atoms with E-state index in [1.807, 2.05) is 24.3 Å². The molecule has 0 saturated carbocycles. The molecule has 1 heterocycles. The fraction of sp³-hybridized carbons (Fsp3) is 0.167. The van der Waals surface area contributed by atoms with Crippen LogP contribution in [-0.4, -0.2) is 29.1 Å². The third kappa shape index (κ3) is 2.82. The first kappa shape index (κ1) is 13.3. The standard InChI is InChI=1S/C12H11BrN2O2S/c13-9-3-1-8(2-4-9)7-10-11(16)15(6-5-14)12(17)18-10/h1-4,7H,5-6,14H2/b10-7-. The number of imide groups is 1. The van der Waals surface area contributed by atoms with Gasteiger partial charge in [0.15, 0.2) is 0 Å². The predicted octanol–water partition coefficient (Wildman–Crippen LogP) is 2.44. The first-order chi connectivity index (χ1) is 8.61. The van der Waals surface area contributed by atoms with Crippen molar-refractivity contribution in [2.24, 2.45) is 5.73 Å². The number of carbonyl (C=O) groups excluding carboxylic acids is 2. The Kier molecular flexibility index (Phi) is 4.21. The van der Waals surface area contributed by atoms with Crippen LogP contribution in [0.4, 0.5) is 4.79 Å². The number of nitrogens with two attached hydrogens (primary N) is 1. The zero-order chi connectivity index (χ0) is 13.1. The van der Waals surface area contributed by atoms with Gasteiger partial charge in [0.25, 0.3) is 11.1 Å². The third-order valence-electron chi connectivity index (χ3n) is 2.39. The van der Waals surface area contributed by atoms with Crippen molar-refractivity contribution in [1.29, 1.82) is 0 Å². The van der Waals surface area contributed by atoms with E-state index in [0.717, 1.165) is 21.8 Å². The highest BCUT2D eigenvalue weighted by molar-refractivity contribution is 9.10. The number of hydrogen-bond donors (Lipinski definition) is 1. The van der Waals surface area contributed by atoms with Crippen LogP contribution in [0.3, 0.4) is 0 Å². The van der Waals surface area contributed by atoms with Crippen LogP contribution in [0.15, 0.2) is 33.6 Å². The summed E-state index contributed by atoms with van der Waals surface area (Å²) in [4.78, 5) is 25.1. The molecule has 2 N–H and O–H groups in total. The summed E-state index contributed by atoms with van der Waals surface area (Å²) in [6.07, 6.45) is 1.72. The second-order valence-electron chi connectivity index (χ2n) is 3.67. The monoisotopic (exact) mass is 326 g/mol. The van der Waals surface area contributed by atoms with E-state index in [9.17, 15) is 9.59 Å². The lowest BCUT2D eigenvalue weighted by atomic mass is 10.2. The second kappa shape index (κ2) is 5.69. The van der Waals surface area contributed by atoms with Crippen molar-refractivity contribution in [2.75, 3.05) is 13.1 Å². The average Bonchev–Trinajstić information content (AvgIpc) is 2.60. The summed E-state index contributed by atoms with van der Waals surface area (Å²) in [6.45, 7) is 0.548. The Morgan fingerprint density at radius 2 is 1.94 bits per heavy atom. The number of hydrogen-bond acceptors (Lipinski definition) is 4. The Bertz CT molecular complexity index is 513. The Labute approximate surface area is 117 Å². The molecule has 0 spiro atoms. The van der Waals surface area contributed by atoms with Crippen LogP contribution in [0.5, 0.6) is 0 Å². The number of thioether (sulfide) groups is 1. The van der Waals surface area contributed by atoms with Crippen LogP contribution in [0, 0.1) is 0 Å². The van der Waals surface area contributed by atoms with Gasteiger partial charge in [0.2, 0.25) is 0 Å². The summed E-state index contributed by atoms with van der Waals surface area (Å²) in [5.74, 6) is -0.265. The van der Waals surface area contributed by atoms with Crippen molar-refractivity contribution in [1.82, 2.24) is 4.90 Å². The minimum absolute atomic E-state index is 0.256. The summed E-state index contributed by atoms with van der Waals surface area (Å²) >= 11 is 4.29. The second-order valence-corrected chi connectivity index (χ2v) is 5.58. The van der Waals surface area contributed by atoms with Crippen molar-refractivity contribution in [3.8, 4) is 0 Å². The van der Waals surface area contributed by atoms with Crippen LogP contribution in [0.25, 0.3) is 6.08 Å². The quantitative estimate of drug-likeness (QED) is 0.866. The van der Waals surface area contributed by atoms with Crippen LogP contribution in [0.2, 0.25) is 0 Å². The summed E-state index contributed by atoms with van der Waals surface area (Å²) < 4.78 is 0.968. The summed E-state index contributed by atoms with van der Waals surface area (Å²) in [7, 11) is 0. The molecule has 2 rings (SSSR count). The maximum Gasteiger partial charge on any atom is 0.293 e. The highest BCUT2D eigenvalue weighted by atomic mass is 79.9. The lowest BCUT2D eigenvalue weighted by Gasteiger charge is -2.09. The normalized spacial score (nSPS) is 17.9. The third-order valence-corrected chi connectivity index (χ3v) is 3.83. The van der Waals surface area contributed by atoms with Crippen molar-refractivity contribution >= 4 is 44.9 Å². The SMILES string of the molecule is NCCN1C(=O)S/C(=C\c2ccc(Br)cc2)C1=O. The number of nitrogens with zero attached hydrogens (tertiary/aromatic N) is 1. The molecular weight excluding hydrogens is 316 g/mol. The highest BCUT2D eigenvalue weighted by Gasteiger charge is 2.34. The van der Waals surface area contributed by atoms with Gasteiger partial charge in [-0.2, -0.15) is 0 Å². The lowest BCUT2D eigenvalue weighted by molar-refractivity contribution is -0.122. The molecule has 0 unspecified atom stereocenters. The molecule has 1 aromatic rings.